The van der Waals surface area contributed by atoms with Crippen LogP contribution in [0.1, 0.15) is 37.7 Å². The molecule has 21 heavy (non-hydrogen) atoms. The predicted molar refractivity (Wildman–Crippen MR) is 83.9 cm³/mol. The Bertz CT molecular complexity index is 504. The van der Waals surface area contributed by atoms with Crippen LogP contribution in [0, 0.1) is 11.3 Å². The number of nitrogens with zero attached hydrogens (tertiary/aromatic N) is 2. The number of hydrogen-bond acceptors (Lipinski definition) is 3. The number of rotatable bonds is 5. The maximum absolute atomic E-state index is 12.0. The number of nitrogens with one attached hydrogen (secondary N) is 1. The molecule has 0 aromatic heterocycles. The number of carbonyl (C=O) groups excluding carboxylic acids is 1. The van der Waals surface area contributed by atoms with Gasteiger partial charge in [-0.1, -0.05) is 18.6 Å². The van der Waals surface area contributed by atoms with Crippen molar-refractivity contribution in [3.63, 3.8) is 0 Å². The van der Waals surface area contributed by atoms with Crippen molar-refractivity contribution in [3.05, 3.63) is 29.8 Å². The summed E-state index contributed by atoms with van der Waals surface area (Å²) in [5, 5.41) is 11.6. The first-order valence-electron chi connectivity index (χ1n) is 7.65. The summed E-state index contributed by atoms with van der Waals surface area (Å²) < 4.78 is 0. The largest absolute Gasteiger partial charge is 0.326 e. The Labute approximate surface area is 126 Å². The van der Waals surface area contributed by atoms with Crippen LogP contribution in [0.25, 0.3) is 0 Å². The normalized spacial score (nSPS) is 19.0. The SMILES string of the molecule is CN1CCCCC1CCC(=O)Nc1ccc(CC#N)cc1. The minimum atomic E-state index is 0.0713. The number of carbonyl (C=O) groups is 1. The topological polar surface area (TPSA) is 56.1 Å². The Morgan fingerprint density at radius 2 is 2.14 bits per heavy atom. The molecule has 1 aromatic rings. The quantitative estimate of drug-likeness (QED) is 0.905. The van der Waals surface area contributed by atoms with Gasteiger partial charge in [0.1, 0.15) is 0 Å². The number of piperidine rings is 1. The molecule has 4 nitrogen and oxygen atoms in total. The molecule has 0 aliphatic carbocycles. The van der Waals surface area contributed by atoms with Gasteiger partial charge < -0.3 is 10.2 Å². The average Bonchev–Trinajstić information content (AvgIpc) is 2.49. The lowest BCUT2D eigenvalue weighted by molar-refractivity contribution is -0.116. The molecule has 2 rings (SSSR count). The molecule has 1 aromatic carbocycles. The molecule has 112 valence electrons. The molecule has 0 bridgehead atoms. The zero-order valence-corrected chi connectivity index (χ0v) is 12.6. The molecule has 0 spiro atoms. The van der Waals surface area contributed by atoms with Gasteiger partial charge in [0.2, 0.25) is 5.91 Å². The highest BCUT2D eigenvalue weighted by molar-refractivity contribution is 5.90. The van der Waals surface area contributed by atoms with Crippen LogP contribution < -0.4 is 5.32 Å². The van der Waals surface area contributed by atoms with Crippen LogP contribution in [-0.2, 0) is 11.2 Å². The van der Waals surface area contributed by atoms with Crippen molar-refractivity contribution >= 4 is 11.6 Å². The monoisotopic (exact) mass is 285 g/mol. The molecule has 1 atom stereocenters. The van der Waals surface area contributed by atoms with Crippen LogP contribution >= 0.6 is 0 Å². The molecule has 1 heterocycles. The fraction of sp³-hybridized carbons (Fsp3) is 0.529. The van der Waals surface area contributed by atoms with E-state index in [9.17, 15) is 4.79 Å². The van der Waals surface area contributed by atoms with Crippen molar-refractivity contribution in [1.82, 2.24) is 4.90 Å². The molecule has 4 heteroatoms. The van der Waals surface area contributed by atoms with Crippen molar-refractivity contribution in [2.75, 3.05) is 18.9 Å². The van der Waals surface area contributed by atoms with Crippen molar-refractivity contribution in [3.8, 4) is 6.07 Å². The van der Waals surface area contributed by atoms with E-state index >= 15 is 0 Å². The van der Waals surface area contributed by atoms with E-state index in [1.54, 1.807) is 0 Å². The standard InChI is InChI=1S/C17H23N3O/c1-20-13-3-2-4-16(20)9-10-17(21)19-15-7-5-14(6-8-15)11-12-18/h5-8,16H,2-4,9-11,13H2,1H3,(H,19,21). The van der Waals surface area contributed by atoms with Crippen LogP contribution in [0.2, 0.25) is 0 Å². The highest BCUT2D eigenvalue weighted by Crippen LogP contribution is 2.19. The van der Waals surface area contributed by atoms with E-state index in [2.05, 4.69) is 23.3 Å². The van der Waals surface area contributed by atoms with Gasteiger partial charge >= 0.3 is 0 Å². The average molecular weight is 285 g/mol. The predicted octanol–water partition coefficient (Wildman–Crippen LogP) is 2.96. The second-order valence-electron chi connectivity index (χ2n) is 5.75. The molecule has 1 aliphatic rings. The molecular weight excluding hydrogens is 262 g/mol. The van der Waals surface area contributed by atoms with Crippen LogP contribution in [0.15, 0.2) is 24.3 Å². The van der Waals surface area contributed by atoms with Crippen LogP contribution in [0.5, 0.6) is 0 Å². The first kappa shape index (κ1) is 15.5. The number of nitriles is 1. The van der Waals surface area contributed by atoms with Gasteiger partial charge in [0.15, 0.2) is 0 Å². The summed E-state index contributed by atoms with van der Waals surface area (Å²) in [4.78, 5) is 14.4. The first-order chi connectivity index (χ1) is 10.2. The summed E-state index contributed by atoms with van der Waals surface area (Å²) in [5.41, 5.74) is 1.78. The molecule has 0 saturated carbocycles. The number of amides is 1. The Morgan fingerprint density at radius 3 is 2.81 bits per heavy atom. The second kappa shape index (κ2) is 7.80. The summed E-state index contributed by atoms with van der Waals surface area (Å²) >= 11 is 0. The van der Waals surface area contributed by atoms with E-state index in [1.807, 2.05) is 24.3 Å². The van der Waals surface area contributed by atoms with Crippen molar-refractivity contribution in [2.24, 2.45) is 0 Å². The molecular formula is C17H23N3O. The number of hydrogen-bond donors (Lipinski definition) is 1. The van der Waals surface area contributed by atoms with Gasteiger partial charge in [-0.15, -0.1) is 0 Å². The zero-order chi connectivity index (χ0) is 15.1. The van der Waals surface area contributed by atoms with Crippen LogP contribution in [-0.4, -0.2) is 30.4 Å². The highest BCUT2D eigenvalue weighted by atomic mass is 16.1. The number of anilines is 1. The minimum absolute atomic E-state index is 0.0713. The van der Waals surface area contributed by atoms with E-state index in [0.29, 0.717) is 18.9 Å². The second-order valence-corrected chi connectivity index (χ2v) is 5.75. The Hall–Kier alpha value is -1.86. The fourth-order valence-electron chi connectivity index (χ4n) is 2.83. The summed E-state index contributed by atoms with van der Waals surface area (Å²) in [5.74, 6) is 0.0713. The van der Waals surface area contributed by atoms with E-state index in [0.717, 1.165) is 24.2 Å². The molecule has 1 unspecified atom stereocenters. The van der Waals surface area contributed by atoms with Crippen LogP contribution in [0.3, 0.4) is 0 Å². The van der Waals surface area contributed by atoms with E-state index < -0.39 is 0 Å². The van der Waals surface area contributed by atoms with Gasteiger partial charge in [0.25, 0.3) is 0 Å². The van der Waals surface area contributed by atoms with Gasteiger partial charge in [-0.05, 0) is 50.6 Å². The summed E-state index contributed by atoms with van der Waals surface area (Å²) in [6, 6.07) is 10.1. The maximum atomic E-state index is 12.0. The maximum Gasteiger partial charge on any atom is 0.224 e. The number of benzene rings is 1. The molecule has 1 aliphatic heterocycles. The lowest BCUT2D eigenvalue weighted by Crippen LogP contribution is -2.36. The Kier molecular flexibility index (Phi) is 5.77. The van der Waals surface area contributed by atoms with E-state index in [1.165, 1.54) is 19.3 Å². The summed E-state index contributed by atoms with van der Waals surface area (Å²) in [6.45, 7) is 1.15. The van der Waals surface area contributed by atoms with Gasteiger partial charge in [-0.2, -0.15) is 5.26 Å². The Balaban J connectivity index is 1.77. The number of likely N-dealkylation sites (tertiary alicyclic amines) is 1. The van der Waals surface area contributed by atoms with Crippen LogP contribution in [0.4, 0.5) is 5.69 Å². The summed E-state index contributed by atoms with van der Waals surface area (Å²) in [6.07, 6.45) is 5.64. The highest BCUT2D eigenvalue weighted by Gasteiger charge is 2.19. The van der Waals surface area contributed by atoms with Gasteiger partial charge in [0.05, 0.1) is 12.5 Å². The fourth-order valence-corrected chi connectivity index (χ4v) is 2.83. The smallest absolute Gasteiger partial charge is 0.224 e. The van der Waals surface area contributed by atoms with E-state index in [4.69, 9.17) is 5.26 Å². The molecule has 1 saturated heterocycles. The third-order valence-electron chi connectivity index (χ3n) is 4.15. The third-order valence-corrected chi connectivity index (χ3v) is 4.15. The van der Waals surface area contributed by atoms with Gasteiger partial charge in [-0.25, -0.2) is 0 Å². The lowest BCUT2D eigenvalue weighted by atomic mass is 9.98. The first-order valence-corrected chi connectivity index (χ1v) is 7.65. The molecule has 1 N–H and O–H groups in total. The third kappa shape index (κ3) is 4.87. The van der Waals surface area contributed by atoms with Gasteiger partial charge in [-0.3, -0.25) is 4.79 Å². The van der Waals surface area contributed by atoms with Gasteiger partial charge in [0, 0.05) is 18.2 Å². The van der Waals surface area contributed by atoms with Crippen molar-refractivity contribution < 1.29 is 4.79 Å². The van der Waals surface area contributed by atoms with E-state index in [-0.39, 0.29) is 5.91 Å². The van der Waals surface area contributed by atoms with Crippen molar-refractivity contribution in [2.45, 2.75) is 44.6 Å². The molecule has 1 amide bonds. The summed E-state index contributed by atoms with van der Waals surface area (Å²) in [7, 11) is 2.15. The zero-order valence-electron chi connectivity index (χ0n) is 12.6. The molecule has 0 radical (unpaired) electrons. The Morgan fingerprint density at radius 1 is 1.38 bits per heavy atom. The molecule has 1 fully saturated rings. The lowest BCUT2D eigenvalue weighted by Gasteiger charge is -2.32. The minimum Gasteiger partial charge on any atom is -0.326 e. The van der Waals surface area contributed by atoms with Crippen molar-refractivity contribution in [1.29, 1.82) is 5.26 Å².